The van der Waals surface area contributed by atoms with Gasteiger partial charge in [-0.1, -0.05) is 17.7 Å². The van der Waals surface area contributed by atoms with E-state index in [1.54, 1.807) is 0 Å². The number of benzene rings is 1. The van der Waals surface area contributed by atoms with Crippen molar-refractivity contribution in [1.82, 2.24) is 15.2 Å². The highest BCUT2D eigenvalue weighted by molar-refractivity contribution is 5.99. The van der Waals surface area contributed by atoms with Gasteiger partial charge in [0.1, 0.15) is 0 Å². The molecule has 0 saturated carbocycles. The van der Waals surface area contributed by atoms with E-state index in [0.29, 0.717) is 18.0 Å². The molecule has 1 atom stereocenters. The Balaban J connectivity index is 1.51. The van der Waals surface area contributed by atoms with E-state index in [0.717, 1.165) is 43.0 Å². The van der Waals surface area contributed by atoms with Crippen LogP contribution in [0.1, 0.15) is 28.0 Å². The van der Waals surface area contributed by atoms with Crippen molar-refractivity contribution in [2.24, 2.45) is 5.92 Å². The molecule has 132 valence electrons. The van der Waals surface area contributed by atoms with Crippen LogP contribution >= 0.6 is 0 Å². The lowest BCUT2D eigenvalue weighted by Crippen LogP contribution is -2.31. The Labute approximate surface area is 149 Å². The van der Waals surface area contributed by atoms with E-state index in [1.165, 1.54) is 0 Å². The Morgan fingerprint density at radius 3 is 2.96 bits per heavy atom. The summed E-state index contributed by atoms with van der Waals surface area (Å²) in [7, 11) is 1.84. The molecule has 1 aliphatic heterocycles. The maximum Gasteiger partial charge on any atom is 0.253 e. The number of amides is 1. The zero-order valence-electron chi connectivity index (χ0n) is 15.0. The Morgan fingerprint density at radius 2 is 2.20 bits per heavy atom. The Kier molecular flexibility index (Phi) is 5.66. The van der Waals surface area contributed by atoms with Gasteiger partial charge in [-0.3, -0.25) is 14.7 Å². The number of hydrogen-bond acceptors (Lipinski definition) is 4. The number of rotatable bonds is 6. The van der Waals surface area contributed by atoms with E-state index in [4.69, 9.17) is 0 Å². The molecule has 5 heteroatoms. The Hall–Kier alpha value is -2.40. The molecule has 1 fully saturated rings. The van der Waals surface area contributed by atoms with Crippen molar-refractivity contribution in [3.05, 3.63) is 59.4 Å². The molecule has 0 aliphatic carbocycles. The lowest BCUT2D eigenvalue weighted by Gasteiger charge is -2.16. The van der Waals surface area contributed by atoms with E-state index in [9.17, 15) is 4.79 Å². The first kappa shape index (κ1) is 17.4. The Morgan fingerprint density at radius 1 is 1.32 bits per heavy atom. The fourth-order valence-electron chi connectivity index (χ4n) is 3.34. The quantitative estimate of drug-likeness (QED) is 0.850. The molecule has 1 amide bonds. The number of carbonyl (C=O) groups is 1. The lowest BCUT2D eigenvalue weighted by molar-refractivity contribution is 0.0948. The number of aryl methyl sites for hydroxylation is 1. The van der Waals surface area contributed by atoms with Crippen molar-refractivity contribution in [1.29, 1.82) is 0 Å². The van der Waals surface area contributed by atoms with Crippen LogP contribution in [0.2, 0.25) is 0 Å². The fraction of sp³-hybridized carbons (Fsp3) is 0.400. The summed E-state index contributed by atoms with van der Waals surface area (Å²) < 4.78 is 0. The molecule has 3 rings (SSSR count). The third-order valence-corrected chi connectivity index (χ3v) is 4.72. The average molecular weight is 338 g/mol. The van der Waals surface area contributed by atoms with Crippen LogP contribution in [0.25, 0.3) is 0 Å². The third-order valence-electron chi connectivity index (χ3n) is 4.72. The van der Waals surface area contributed by atoms with Crippen molar-refractivity contribution >= 4 is 11.6 Å². The van der Waals surface area contributed by atoms with Crippen molar-refractivity contribution in [2.75, 3.05) is 32.0 Å². The molecule has 2 N–H and O–H groups in total. The number of pyridine rings is 1. The van der Waals surface area contributed by atoms with E-state index in [-0.39, 0.29) is 5.91 Å². The number of anilines is 1. The van der Waals surface area contributed by atoms with Crippen molar-refractivity contribution in [3.8, 4) is 0 Å². The van der Waals surface area contributed by atoms with Gasteiger partial charge in [-0.15, -0.1) is 0 Å². The largest absolute Gasteiger partial charge is 0.387 e. The molecular formula is C20H26N4O. The van der Waals surface area contributed by atoms with Crippen LogP contribution in [0, 0.1) is 12.8 Å². The lowest BCUT2D eigenvalue weighted by atomic mass is 10.1. The van der Waals surface area contributed by atoms with Gasteiger partial charge in [-0.05, 0) is 50.1 Å². The predicted octanol–water partition coefficient (Wildman–Crippen LogP) is 2.68. The minimum Gasteiger partial charge on any atom is -0.387 e. The monoisotopic (exact) mass is 338 g/mol. The van der Waals surface area contributed by atoms with Gasteiger partial charge in [-0.2, -0.15) is 0 Å². The zero-order chi connectivity index (χ0) is 17.6. The predicted molar refractivity (Wildman–Crippen MR) is 101 cm³/mol. The van der Waals surface area contributed by atoms with Gasteiger partial charge in [0, 0.05) is 38.6 Å². The van der Waals surface area contributed by atoms with Crippen LogP contribution in [0.4, 0.5) is 5.69 Å². The first-order valence-corrected chi connectivity index (χ1v) is 8.84. The molecule has 5 nitrogen and oxygen atoms in total. The second-order valence-electron chi connectivity index (χ2n) is 6.72. The molecule has 2 aromatic rings. The van der Waals surface area contributed by atoms with Crippen molar-refractivity contribution in [3.63, 3.8) is 0 Å². The molecule has 1 aromatic carbocycles. The SMILES string of the molecule is CNc1ccc(C)cc1C(=O)NC[C@H]1CCN(Cc2ccccn2)C1. The number of nitrogens with one attached hydrogen (secondary N) is 2. The normalized spacial score (nSPS) is 17.4. The van der Waals surface area contributed by atoms with E-state index < -0.39 is 0 Å². The van der Waals surface area contributed by atoms with Crippen molar-refractivity contribution in [2.45, 2.75) is 19.9 Å². The molecule has 1 saturated heterocycles. The highest BCUT2D eigenvalue weighted by Crippen LogP contribution is 2.19. The fourth-order valence-corrected chi connectivity index (χ4v) is 3.34. The smallest absolute Gasteiger partial charge is 0.253 e. The zero-order valence-corrected chi connectivity index (χ0v) is 15.0. The summed E-state index contributed by atoms with van der Waals surface area (Å²) >= 11 is 0. The molecule has 1 aromatic heterocycles. The van der Waals surface area contributed by atoms with Crippen LogP contribution < -0.4 is 10.6 Å². The highest BCUT2D eigenvalue weighted by Gasteiger charge is 2.23. The van der Waals surface area contributed by atoms with Crippen LogP contribution in [0.3, 0.4) is 0 Å². The van der Waals surface area contributed by atoms with Gasteiger partial charge in [0.2, 0.25) is 0 Å². The number of carbonyl (C=O) groups excluding carboxylic acids is 1. The number of hydrogen-bond donors (Lipinski definition) is 2. The van der Waals surface area contributed by atoms with Gasteiger partial charge in [0.25, 0.3) is 5.91 Å². The summed E-state index contributed by atoms with van der Waals surface area (Å²) in [4.78, 5) is 19.3. The van der Waals surface area contributed by atoms with Gasteiger partial charge >= 0.3 is 0 Å². The molecule has 1 aliphatic rings. The summed E-state index contributed by atoms with van der Waals surface area (Å²) in [5.41, 5.74) is 3.77. The van der Waals surface area contributed by atoms with Gasteiger partial charge in [0.05, 0.1) is 11.3 Å². The second kappa shape index (κ2) is 8.12. The third kappa shape index (κ3) is 4.57. The minimum atomic E-state index is -0.00349. The summed E-state index contributed by atoms with van der Waals surface area (Å²) in [6.07, 6.45) is 2.95. The summed E-state index contributed by atoms with van der Waals surface area (Å²) in [6.45, 7) is 5.66. The summed E-state index contributed by atoms with van der Waals surface area (Å²) in [5.74, 6) is 0.492. The average Bonchev–Trinajstić information content (AvgIpc) is 3.08. The molecule has 0 radical (unpaired) electrons. The molecule has 0 spiro atoms. The first-order chi connectivity index (χ1) is 12.2. The maximum atomic E-state index is 12.5. The standard InChI is InChI=1S/C20H26N4O/c1-15-6-7-19(21-2)18(11-15)20(25)23-12-16-8-10-24(13-16)14-17-5-3-4-9-22-17/h3-7,9,11,16,21H,8,10,12-14H2,1-2H3,(H,23,25)/t16-/m1/s1. The summed E-state index contributed by atoms with van der Waals surface area (Å²) in [5, 5.41) is 6.20. The highest BCUT2D eigenvalue weighted by atomic mass is 16.1. The van der Waals surface area contributed by atoms with E-state index >= 15 is 0 Å². The van der Waals surface area contributed by atoms with Gasteiger partial charge in [0.15, 0.2) is 0 Å². The molecule has 25 heavy (non-hydrogen) atoms. The van der Waals surface area contributed by atoms with Crippen molar-refractivity contribution < 1.29 is 4.79 Å². The van der Waals surface area contributed by atoms with E-state index in [2.05, 4.69) is 26.6 Å². The number of nitrogens with zero attached hydrogens (tertiary/aromatic N) is 2. The van der Waals surface area contributed by atoms with Crippen LogP contribution in [-0.2, 0) is 6.54 Å². The van der Waals surface area contributed by atoms with E-state index in [1.807, 2.05) is 50.5 Å². The molecule has 2 heterocycles. The molecule has 0 bridgehead atoms. The topological polar surface area (TPSA) is 57.3 Å². The van der Waals surface area contributed by atoms with Crippen LogP contribution in [-0.4, -0.2) is 42.5 Å². The second-order valence-corrected chi connectivity index (χ2v) is 6.72. The summed E-state index contributed by atoms with van der Waals surface area (Å²) in [6, 6.07) is 11.9. The van der Waals surface area contributed by atoms with Gasteiger partial charge in [-0.25, -0.2) is 0 Å². The minimum absolute atomic E-state index is 0.00349. The van der Waals surface area contributed by atoms with Gasteiger partial charge < -0.3 is 10.6 Å². The number of likely N-dealkylation sites (tertiary alicyclic amines) is 1. The van der Waals surface area contributed by atoms with Crippen LogP contribution in [0.15, 0.2) is 42.6 Å². The molecule has 0 unspecified atom stereocenters. The van der Waals surface area contributed by atoms with Crippen LogP contribution in [0.5, 0.6) is 0 Å². The first-order valence-electron chi connectivity index (χ1n) is 8.84. The molecular weight excluding hydrogens is 312 g/mol. The maximum absolute atomic E-state index is 12.5. The number of aromatic nitrogens is 1. The Bertz CT molecular complexity index is 717.